The Bertz CT molecular complexity index is 283. The summed E-state index contributed by atoms with van der Waals surface area (Å²) >= 11 is 0. The molecule has 112 valence electrons. The van der Waals surface area contributed by atoms with Crippen LogP contribution in [0.15, 0.2) is 0 Å². The zero-order valence-corrected chi connectivity index (χ0v) is 13.7. The molecule has 0 aromatic carbocycles. The highest BCUT2D eigenvalue weighted by atomic mass is 16.1. The Kier molecular flexibility index (Phi) is 6.52. The van der Waals surface area contributed by atoms with Crippen LogP contribution in [0.5, 0.6) is 0 Å². The van der Waals surface area contributed by atoms with Gasteiger partial charge in [0.2, 0.25) is 0 Å². The molecule has 0 aromatic heterocycles. The fourth-order valence-electron chi connectivity index (χ4n) is 3.18. The number of nitrogens with zero attached hydrogens (tertiary/aromatic N) is 1. The van der Waals surface area contributed by atoms with E-state index >= 15 is 0 Å². The van der Waals surface area contributed by atoms with Crippen LogP contribution in [0.3, 0.4) is 0 Å². The minimum Gasteiger partial charge on any atom is -0.300 e. The maximum atomic E-state index is 12.5. The highest BCUT2D eigenvalue weighted by Gasteiger charge is 2.37. The molecule has 0 heterocycles. The van der Waals surface area contributed by atoms with Gasteiger partial charge in [-0.1, -0.05) is 40.0 Å². The van der Waals surface area contributed by atoms with E-state index in [0.29, 0.717) is 11.8 Å². The van der Waals surface area contributed by atoms with Crippen molar-refractivity contribution in [1.29, 1.82) is 0 Å². The summed E-state index contributed by atoms with van der Waals surface area (Å²) in [6, 6.07) is 0.551. The molecule has 19 heavy (non-hydrogen) atoms. The van der Waals surface area contributed by atoms with E-state index in [-0.39, 0.29) is 11.3 Å². The van der Waals surface area contributed by atoms with Gasteiger partial charge in [-0.2, -0.15) is 0 Å². The minimum atomic E-state index is -0.0883. The zero-order valence-electron chi connectivity index (χ0n) is 13.7. The molecule has 1 fully saturated rings. The van der Waals surface area contributed by atoms with Crippen LogP contribution >= 0.6 is 0 Å². The molecule has 1 unspecified atom stereocenters. The van der Waals surface area contributed by atoms with Gasteiger partial charge >= 0.3 is 0 Å². The molecular formula is C17H33NO. The van der Waals surface area contributed by atoms with Crippen LogP contribution in [0, 0.1) is 11.3 Å². The first-order chi connectivity index (χ1) is 8.88. The summed E-state index contributed by atoms with van der Waals surface area (Å²) in [5, 5.41) is 0. The third-order valence-corrected chi connectivity index (χ3v) is 4.63. The van der Waals surface area contributed by atoms with E-state index in [4.69, 9.17) is 0 Å². The molecule has 0 saturated heterocycles. The third-order valence-electron chi connectivity index (χ3n) is 4.63. The Morgan fingerprint density at radius 3 is 2.58 bits per heavy atom. The Morgan fingerprint density at radius 1 is 1.32 bits per heavy atom. The second kappa shape index (κ2) is 7.42. The van der Waals surface area contributed by atoms with E-state index in [9.17, 15) is 4.79 Å². The Hall–Kier alpha value is -0.370. The van der Waals surface area contributed by atoms with Gasteiger partial charge < -0.3 is 4.90 Å². The summed E-state index contributed by atoms with van der Waals surface area (Å²) in [7, 11) is 0. The van der Waals surface area contributed by atoms with E-state index in [2.05, 4.69) is 39.5 Å². The summed E-state index contributed by atoms with van der Waals surface area (Å²) in [4.78, 5) is 15.0. The number of unbranched alkanes of at least 4 members (excludes halogenated alkanes) is 2. The first-order valence-electron chi connectivity index (χ1n) is 8.17. The van der Waals surface area contributed by atoms with Gasteiger partial charge in [0, 0.05) is 23.9 Å². The Morgan fingerprint density at radius 2 is 2.00 bits per heavy atom. The molecule has 2 heteroatoms. The van der Waals surface area contributed by atoms with Crippen molar-refractivity contribution in [1.82, 2.24) is 4.90 Å². The van der Waals surface area contributed by atoms with Crippen LogP contribution < -0.4 is 0 Å². The van der Waals surface area contributed by atoms with Crippen molar-refractivity contribution < 1.29 is 4.79 Å². The monoisotopic (exact) mass is 267 g/mol. The molecule has 1 atom stereocenters. The van der Waals surface area contributed by atoms with Crippen molar-refractivity contribution in [3.05, 3.63) is 0 Å². The van der Waals surface area contributed by atoms with Crippen molar-refractivity contribution in [2.45, 2.75) is 79.2 Å². The minimum absolute atomic E-state index is 0.0883. The first kappa shape index (κ1) is 16.7. The summed E-state index contributed by atoms with van der Waals surface area (Å²) in [6.07, 6.45) is 7.21. The predicted molar refractivity (Wildman–Crippen MR) is 82.4 cm³/mol. The molecule has 1 aliphatic rings. The van der Waals surface area contributed by atoms with Crippen LogP contribution in [-0.2, 0) is 4.79 Å². The number of ketones is 1. The quantitative estimate of drug-likeness (QED) is 0.642. The second-order valence-corrected chi connectivity index (χ2v) is 7.13. The molecule has 0 N–H and O–H groups in total. The van der Waals surface area contributed by atoms with Gasteiger partial charge in [-0.25, -0.2) is 0 Å². The second-order valence-electron chi connectivity index (χ2n) is 7.13. The van der Waals surface area contributed by atoms with E-state index in [1.54, 1.807) is 0 Å². The average molecular weight is 267 g/mol. The molecule has 0 radical (unpaired) electrons. The summed E-state index contributed by atoms with van der Waals surface area (Å²) in [6.45, 7) is 13.1. The number of carbonyl (C=O) groups is 1. The first-order valence-corrected chi connectivity index (χ1v) is 8.17. The van der Waals surface area contributed by atoms with Gasteiger partial charge in [0.1, 0.15) is 5.78 Å². The number of hydrogen-bond acceptors (Lipinski definition) is 2. The van der Waals surface area contributed by atoms with E-state index in [1.165, 1.54) is 25.7 Å². The highest BCUT2D eigenvalue weighted by molar-refractivity contribution is 5.87. The lowest BCUT2D eigenvalue weighted by Gasteiger charge is -2.37. The average Bonchev–Trinajstić information content (AvgIpc) is 2.33. The molecule has 0 aromatic rings. The van der Waals surface area contributed by atoms with E-state index in [0.717, 1.165) is 25.9 Å². The summed E-state index contributed by atoms with van der Waals surface area (Å²) in [5.74, 6) is 0.771. The van der Waals surface area contributed by atoms with Crippen LogP contribution in [-0.4, -0.2) is 29.8 Å². The number of Topliss-reactive ketones (excluding diaryl/α,β-unsaturated/α-hetero) is 1. The predicted octanol–water partition coefficient (Wildman–Crippen LogP) is 4.28. The fourth-order valence-corrected chi connectivity index (χ4v) is 3.18. The van der Waals surface area contributed by atoms with Gasteiger partial charge in [-0.05, 0) is 39.7 Å². The largest absolute Gasteiger partial charge is 0.300 e. The molecule has 0 spiro atoms. The normalized spacial score (nSPS) is 23.3. The molecule has 1 rings (SSSR count). The lowest BCUT2D eigenvalue weighted by molar-refractivity contribution is -0.135. The molecule has 1 saturated carbocycles. The molecule has 0 amide bonds. The number of hydrogen-bond donors (Lipinski definition) is 0. The third kappa shape index (κ3) is 4.91. The van der Waals surface area contributed by atoms with Crippen LogP contribution in [0.25, 0.3) is 0 Å². The Balaban J connectivity index is 2.55. The van der Waals surface area contributed by atoms with Gasteiger partial charge in [0.15, 0.2) is 0 Å². The number of carbonyl (C=O) groups excluding carboxylic acids is 1. The van der Waals surface area contributed by atoms with Crippen molar-refractivity contribution in [2.75, 3.05) is 13.1 Å². The van der Waals surface area contributed by atoms with E-state index < -0.39 is 0 Å². The smallest absolute Gasteiger partial charge is 0.142 e. The van der Waals surface area contributed by atoms with Crippen molar-refractivity contribution in [3.8, 4) is 0 Å². The topological polar surface area (TPSA) is 20.3 Å². The van der Waals surface area contributed by atoms with Gasteiger partial charge in [-0.15, -0.1) is 0 Å². The number of rotatable bonds is 7. The maximum Gasteiger partial charge on any atom is 0.142 e. The summed E-state index contributed by atoms with van der Waals surface area (Å²) in [5.41, 5.74) is -0.0883. The molecule has 1 aliphatic carbocycles. The molecule has 0 bridgehead atoms. The Labute approximate surface area is 119 Å². The lowest BCUT2D eigenvalue weighted by atomic mass is 9.71. The molecule has 2 nitrogen and oxygen atoms in total. The highest BCUT2D eigenvalue weighted by Crippen LogP contribution is 2.35. The zero-order chi connectivity index (χ0) is 14.5. The van der Waals surface area contributed by atoms with Gasteiger partial charge in [0.05, 0.1) is 0 Å². The summed E-state index contributed by atoms with van der Waals surface area (Å²) < 4.78 is 0. The van der Waals surface area contributed by atoms with Gasteiger partial charge in [0.25, 0.3) is 0 Å². The van der Waals surface area contributed by atoms with Gasteiger partial charge in [-0.3, -0.25) is 4.79 Å². The SMILES string of the molecule is CCCCCN(CC1CCCC(C)(C)C1=O)C(C)C. The van der Waals surface area contributed by atoms with Crippen LogP contribution in [0.4, 0.5) is 0 Å². The van der Waals surface area contributed by atoms with Crippen molar-refractivity contribution >= 4 is 5.78 Å². The molecule has 0 aliphatic heterocycles. The fraction of sp³-hybridized carbons (Fsp3) is 0.941. The standard InChI is InChI=1S/C17H33NO/c1-6-7-8-12-18(14(2)3)13-15-10-9-11-17(4,5)16(15)19/h14-15H,6-13H2,1-5H3. The van der Waals surface area contributed by atoms with Crippen LogP contribution in [0.1, 0.15) is 73.1 Å². The van der Waals surface area contributed by atoms with E-state index in [1.807, 2.05) is 0 Å². The van der Waals surface area contributed by atoms with Crippen molar-refractivity contribution in [2.24, 2.45) is 11.3 Å². The van der Waals surface area contributed by atoms with Crippen molar-refractivity contribution in [3.63, 3.8) is 0 Å². The van der Waals surface area contributed by atoms with Crippen LogP contribution in [0.2, 0.25) is 0 Å². The lowest BCUT2D eigenvalue weighted by Crippen LogP contribution is -2.44. The molecular weight excluding hydrogens is 234 g/mol. The maximum absolute atomic E-state index is 12.5.